The van der Waals surface area contributed by atoms with Gasteiger partial charge in [-0.15, -0.1) is 0 Å². The Morgan fingerprint density at radius 3 is 2.65 bits per heavy atom. The summed E-state index contributed by atoms with van der Waals surface area (Å²) in [7, 11) is 1.72. The normalized spacial score (nSPS) is 11.0. The lowest BCUT2D eigenvalue weighted by Gasteiger charge is -2.11. The fourth-order valence-electron chi connectivity index (χ4n) is 2.18. The number of ether oxygens (including phenoxy) is 1. The number of methoxy groups -OCH3 is 1. The highest BCUT2D eigenvalue weighted by atomic mass is 16.5. The maximum atomic E-state index is 5.03. The van der Waals surface area contributed by atoms with Gasteiger partial charge in [-0.05, 0) is 44.0 Å². The summed E-state index contributed by atoms with van der Waals surface area (Å²) in [5.74, 6) is 0. The van der Waals surface area contributed by atoms with Crippen molar-refractivity contribution in [1.29, 1.82) is 0 Å². The van der Waals surface area contributed by atoms with Crippen molar-refractivity contribution < 1.29 is 4.74 Å². The van der Waals surface area contributed by atoms with Gasteiger partial charge in [0.25, 0.3) is 0 Å². The molecular weight excluding hydrogens is 250 g/mol. The largest absolute Gasteiger partial charge is 0.383 e. The van der Waals surface area contributed by atoms with Crippen LogP contribution >= 0.6 is 0 Å². The summed E-state index contributed by atoms with van der Waals surface area (Å²) in [6, 6.07) is 6.54. The molecule has 0 aliphatic carbocycles. The number of nitrogens with zero attached hydrogens (tertiary/aromatic N) is 2. The fraction of sp³-hybridized carbons (Fsp3) is 0.438. The average Bonchev–Trinajstić information content (AvgIpc) is 2.77. The van der Waals surface area contributed by atoms with E-state index in [1.54, 1.807) is 7.11 Å². The molecule has 0 saturated carbocycles. The van der Waals surface area contributed by atoms with E-state index in [1.165, 1.54) is 22.5 Å². The lowest BCUT2D eigenvalue weighted by atomic mass is 10.1. The van der Waals surface area contributed by atoms with Crippen molar-refractivity contribution in [2.75, 3.05) is 20.3 Å². The van der Waals surface area contributed by atoms with Gasteiger partial charge in [0.05, 0.1) is 18.6 Å². The molecule has 1 heterocycles. The number of hydrogen-bond donors (Lipinski definition) is 1. The molecule has 2 aromatic rings. The monoisotopic (exact) mass is 273 g/mol. The topological polar surface area (TPSA) is 39.1 Å². The Hall–Kier alpha value is -1.65. The Kier molecular flexibility index (Phi) is 4.93. The molecule has 0 radical (unpaired) electrons. The van der Waals surface area contributed by atoms with Gasteiger partial charge in [0, 0.05) is 31.6 Å². The fourth-order valence-corrected chi connectivity index (χ4v) is 2.18. The van der Waals surface area contributed by atoms with Crippen molar-refractivity contribution >= 4 is 0 Å². The van der Waals surface area contributed by atoms with E-state index in [2.05, 4.69) is 46.9 Å². The first-order valence-corrected chi connectivity index (χ1v) is 6.93. The van der Waals surface area contributed by atoms with Gasteiger partial charge in [-0.3, -0.25) is 0 Å². The molecule has 4 nitrogen and oxygen atoms in total. The van der Waals surface area contributed by atoms with Crippen LogP contribution in [0.5, 0.6) is 0 Å². The van der Waals surface area contributed by atoms with E-state index in [0.717, 1.165) is 25.4 Å². The third-order valence-electron chi connectivity index (χ3n) is 3.65. The van der Waals surface area contributed by atoms with Crippen LogP contribution in [-0.2, 0) is 11.3 Å². The molecule has 0 amide bonds. The minimum atomic E-state index is 0.741. The number of nitrogens with one attached hydrogen (secondary N) is 1. The van der Waals surface area contributed by atoms with Crippen molar-refractivity contribution in [2.24, 2.45) is 0 Å². The molecule has 4 heteroatoms. The van der Waals surface area contributed by atoms with Crippen LogP contribution in [0.25, 0.3) is 5.69 Å². The van der Waals surface area contributed by atoms with Crippen LogP contribution < -0.4 is 5.32 Å². The molecule has 20 heavy (non-hydrogen) atoms. The Morgan fingerprint density at radius 2 is 2.05 bits per heavy atom. The molecule has 1 N–H and O–H groups in total. The second kappa shape index (κ2) is 6.68. The molecule has 0 saturated heterocycles. The first kappa shape index (κ1) is 14.8. The van der Waals surface area contributed by atoms with E-state index in [4.69, 9.17) is 4.74 Å². The van der Waals surface area contributed by atoms with Crippen molar-refractivity contribution in [1.82, 2.24) is 14.9 Å². The number of aryl methyl sites for hydroxylation is 2. The Labute approximate surface area is 120 Å². The SMILES string of the molecule is COCCNCc1ccc(-n2cnc(C)c2C)cc1C. The second-order valence-electron chi connectivity index (χ2n) is 5.07. The zero-order valence-corrected chi connectivity index (χ0v) is 12.7. The Morgan fingerprint density at radius 1 is 1.25 bits per heavy atom. The van der Waals surface area contributed by atoms with E-state index in [1.807, 2.05) is 13.3 Å². The standard InChI is InChI=1S/C16H23N3O/c1-12-9-16(19-11-18-13(2)14(19)3)6-5-15(12)10-17-7-8-20-4/h5-6,9,11,17H,7-8,10H2,1-4H3. The third-order valence-corrected chi connectivity index (χ3v) is 3.65. The molecule has 1 aromatic carbocycles. The molecule has 0 atom stereocenters. The van der Waals surface area contributed by atoms with E-state index >= 15 is 0 Å². The van der Waals surface area contributed by atoms with Crippen LogP contribution in [-0.4, -0.2) is 29.8 Å². The van der Waals surface area contributed by atoms with Crippen LogP contribution in [0.15, 0.2) is 24.5 Å². The first-order valence-electron chi connectivity index (χ1n) is 6.93. The summed E-state index contributed by atoms with van der Waals surface area (Å²) >= 11 is 0. The van der Waals surface area contributed by atoms with Crippen LogP contribution in [0.4, 0.5) is 0 Å². The van der Waals surface area contributed by atoms with Crippen molar-refractivity contribution in [2.45, 2.75) is 27.3 Å². The number of imidazole rings is 1. The van der Waals surface area contributed by atoms with Gasteiger partial charge in [0.2, 0.25) is 0 Å². The van der Waals surface area contributed by atoms with Crippen LogP contribution in [0.1, 0.15) is 22.5 Å². The Bertz CT molecular complexity index is 575. The van der Waals surface area contributed by atoms with Gasteiger partial charge in [-0.1, -0.05) is 6.07 Å². The minimum absolute atomic E-state index is 0.741. The number of hydrogen-bond acceptors (Lipinski definition) is 3. The van der Waals surface area contributed by atoms with E-state index in [0.29, 0.717) is 0 Å². The lowest BCUT2D eigenvalue weighted by Crippen LogP contribution is -2.19. The van der Waals surface area contributed by atoms with Gasteiger partial charge < -0.3 is 14.6 Å². The third kappa shape index (κ3) is 3.26. The summed E-state index contributed by atoms with van der Waals surface area (Å²) in [5.41, 5.74) is 6.04. The zero-order chi connectivity index (χ0) is 14.5. The molecule has 0 unspecified atom stereocenters. The molecule has 0 aliphatic rings. The van der Waals surface area contributed by atoms with Crippen LogP contribution in [0, 0.1) is 20.8 Å². The maximum absolute atomic E-state index is 5.03. The zero-order valence-electron chi connectivity index (χ0n) is 12.7. The highest BCUT2D eigenvalue weighted by Gasteiger charge is 2.06. The Balaban J connectivity index is 2.11. The maximum Gasteiger partial charge on any atom is 0.0997 e. The van der Waals surface area contributed by atoms with Crippen molar-refractivity contribution in [3.8, 4) is 5.69 Å². The lowest BCUT2D eigenvalue weighted by molar-refractivity contribution is 0.199. The van der Waals surface area contributed by atoms with Crippen molar-refractivity contribution in [3.63, 3.8) is 0 Å². The number of aromatic nitrogens is 2. The average molecular weight is 273 g/mol. The van der Waals surface area contributed by atoms with Gasteiger partial charge in [-0.25, -0.2) is 4.98 Å². The van der Waals surface area contributed by atoms with Gasteiger partial charge in [0.15, 0.2) is 0 Å². The van der Waals surface area contributed by atoms with Crippen LogP contribution in [0.2, 0.25) is 0 Å². The number of rotatable bonds is 6. The molecule has 0 fully saturated rings. The molecule has 0 bridgehead atoms. The quantitative estimate of drug-likeness (QED) is 0.822. The highest BCUT2D eigenvalue weighted by molar-refractivity contribution is 5.41. The smallest absolute Gasteiger partial charge is 0.0997 e. The summed E-state index contributed by atoms with van der Waals surface area (Å²) in [5, 5.41) is 3.37. The molecule has 2 rings (SSSR count). The van der Waals surface area contributed by atoms with E-state index in [-0.39, 0.29) is 0 Å². The molecule has 108 valence electrons. The molecule has 1 aromatic heterocycles. The predicted molar refractivity (Wildman–Crippen MR) is 81.4 cm³/mol. The predicted octanol–water partition coefficient (Wildman–Crippen LogP) is 2.53. The van der Waals surface area contributed by atoms with E-state index in [9.17, 15) is 0 Å². The van der Waals surface area contributed by atoms with Crippen molar-refractivity contribution in [3.05, 3.63) is 47.0 Å². The summed E-state index contributed by atoms with van der Waals surface area (Å²) in [6.45, 7) is 8.76. The number of benzene rings is 1. The first-order chi connectivity index (χ1) is 9.63. The van der Waals surface area contributed by atoms with Gasteiger partial charge in [-0.2, -0.15) is 0 Å². The molecule has 0 aliphatic heterocycles. The minimum Gasteiger partial charge on any atom is -0.383 e. The molecule has 0 spiro atoms. The summed E-state index contributed by atoms with van der Waals surface area (Å²) in [6.07, 6.45) is 1.88. The second-order valence-corrected chi connectivity index (χ2v) is 5.07. The molecular formula is C16H23N3O. The van der Waals surface area contributed by atoms with Gasteiger partial charge >= 0.3 is 0 Å². The van der Waals surface area contributed by atoms with E-state index < -0.39 is 0 Å². The summed E-state index contributed by atoms with van der Waals surface area (Å²) in [4.78, 5) is 4.35. The van der Waals surface area contributed by atoms with Crippen LogP contribution in [0.3, 0.4) is 0 Å². The highest BCUT2D eigenvalue weighted by Crippen LogP contribution is 2.17. The van der Waals surface area contributed by atoms with Gasteiger partial charge in [0.1, 0.15) is 0 Å². The summed E-state index contributed by atoms with van der Waals surface area (Å²) < 4.78 is 7.16.